The van der Waals surface area contributed by atoms with Crippen molar-refractivity contribution in [1.82, 2.24) is 0 Å². The maximum absolute atomic E-state index is 11.0. The highest BCUT2D eigenvalue weighted by Gasteiger charge is 2.24. The molecule has 0 aliphatic carbocycles. The van der Waals surface area contributed by atoms with Crippen LogP contribution in [0.15, 0.2) is 12.7 Å². The molecule has 0 aliphatic heterocycles. The average Bonchev–Trinajstić information content (AvgIpc) is 1.97. The zero-order valence-electron chi connectivity index (χ0n) is 8.09. The van der Waals surface area contributed by atoms with Crippen LogP contribution < -0.4 is 0 Å². The molecule has 0 bridgehead atoms. The highest BCUT2D eigenvalue weighted by Crippen LogP contribution is 2.08. The van der Waals surface area contributed by atoms with E-state index in [0.29, 0.717) is 0 Å². The van der Waals surface area contributed by atoms with Crippen molar-refractivity contribution in [2.75, 3.05) is 7.11 Å². The van der Waals surface area contributed by atoms with Gasteiger partial charge in [-0.25, -0.2) is 4.79 Å². The molecule has 0 N–H and O–H groups in total. The van der Waals surface area contributed by atoms with Gasteiger partial charge in [-0.1, -0.05) is 12.7 Å². The Kier molecular flexibility index (Phi) is 4.20. The molecule has 1 atom stereocenters. The van der Waals surface area contributed by atoms with Gasteiger partial charge in [0.25, 0.3) is 0 Å². The zero-order chi connectivity index (χ0) is 9.78. The molecule has 3 nitrogen and oxygen atoms in total. The Morgan fingerprint density at radius 1 is 1.50 bits per heavy atom. The number of ether oxygens (including phenoxy) is 1. The van der Waals surface area contributed by atoms with Crippen LogP contribution in [0.3, 0.4) is 0 Å². The maximum Gasteiger partial charge on any atom is 0.337 e. The third kappa shape index (κ3) is 4.30. The predicted molar refractivity (Wildman–Crippen MR) is 50.4 cm³/mol. The third-order valence-electron chi connectivity index (χ3n) is 1.13. The molecule has 0 saturated heterocycles. The Morgan fingerprint density at radius 2 is 2.00 bits per heavy atom. The minimum absolute atomic E-state index is 0.382. The van der Waals surface area contributed by atoms with E-state index in [1.54, 1.807) is 0 Å². The molecule has 0 aromatic carbocycles. The van der Waals surface area contributed by atoms with Crippen LogP contribution in [-0.4, -0.2) is 27.5 Å². The Labute approximate surface area is 74.5 Å². The van der Waals surface area contributed by atoms with Gasteiger partial charge in [-0.15, -0.1) is 0 Å². The Bertz CT molecular complexity index is 172. The second kappa shape index (κ2) is 4.42. The largest absolute Gasteiger partial charge is 0.467 e. The van der Waals surface area contributed by atoms with Gasteiger partial charge in [0.15, 0.2) is 14.4 Å². The first kappa shape index (κ1) is 11.4. The van der Waals surface area contributed by atoms with E-state index in [-0.39, 0.29) is 5.97 Å². The molecule has 12 heavy (non-hydrogen) atoms. The van der Waals surface area contributed by atoms with Gasteiger partial charge in [0, 0.05) is 0 Å². The summed E-state index contributed by atoms with van der Waals surface area (Å²) in [4.78, 5) is 11.0. The van der Waals surface area contributed by atoms with Crippen LogP contribution in [0.2, 0.25) is 19.6 Å². The second-order valence-electron chi connectivity index (χ2n) is 3.41. The minimum atomic E-state index is -1.69. The molecule has 0 aromatic rings. The predicted octanol–water partition coefficient (Wildman–Crippen LogP) is 1.57. The van der Waals surface area contributed by atoms with Crippen molar-refractivity contribution in [3.63, 3.8) is 0 Å². The Morgan fingerprint density at radius 3 is 2.25 bits per heavy atom. The van der Waals surface area contributed by atoms with Crippen molar-refractivity contribution in [1.29, 1.82) is 0 Å². The van der Waals surface area contributed by atoms with Crippen LogP contribution in [-0.2, 0) is 14.0 Å². The lowest BCUT2D eigenvalue weighted by Gasteiger charge is -2.21. The summed E-state index contributed by atoms with van der Waals surface area (Å²) in [5.74, 6) is -0.382. The summed E-state index contributed by atoms with van der Waals surface area (Å²) in [5, 5.41) is 0. The van der Waals surface area contributed by atoms with Gasteiger partial charge in [0.1, 0.15) is 0 Å². The van der Waals surface area contributed by atoms with Crippen molar-refractivity contribution >= 4 is 14.3 Å². The number of hydrogen-bond donors (Lipinski definition) is 0. The summed E-state index contributed by atoms with van der Waals surface area (Å²) in [6.45, 7) is 9.53. The fraction of sp³-hybridized carbons (Fsp3) is 0.625. The van der Waals surface area contributed by atoms with Crippen LogP contribution in [0, 0.1) is 0 Å². The maximum atomic E-state index is 11.0. The number of hydrogen-bond acceptors (Lipinski definition) is 3. The van der Waals surface area contributed by atoms with Crippen LogP contribution in [0.5, 0.6) is 0 Å². The van der Waals surface area contributed by atoms with Gasteiger partial charge >= 0.3 is 5.97 Å². The van der Waals surface area contributed by atoms with Crippen LogP contribution >= 0.6 is 0 Å². The molecule has 0 amide bonds. The van der Waals surface area contributed by atoms with E-state index in [0.717, 1.165) is 0 Å². The van der Waals surface area contributed by atoms with Crippen LogP contribution in [0.4, 0.5) is 0 Å². The molecule has 0 fully saturated rings. The lowest BCUT2D eigenvalue weighted by Crippen LogP contribution is -2.35. The summed E-state index contributed by atoms with van der Waals surface area (Å²) in [5.41, 5.74) is 0. The van der Waals surface area contributed by atoms with E-state index < -0.39 is 14.4 Å². The summed E-state index contributed by atoms with van der Waals surface area (Å²) in [6, 6.07) is 0. The van der Waals surface area contributed by atoms with E-state index in [1.807, 2.05) is 19.6 Å². The molecule has 0 aliphatic rings. The van der Waals surface area contributed by atoms with Gasteiger partial charge < -0.3 is 9.16 Å². The fourth-order valence-corrected chi connectivity index (χ4v) is 1.64. The van der Waals surface area contributed by atoms with Gasteiger partial charge in [0.05, 0.1) is 7.11 Å². The number of methoxy groups -OCH3 is 1. The number of rotatable bonds is 4. The van der Waals surface area contributed by atoms with Crippen LogP contribution in [0.25, 0.3) is 0 Å². The fourth-order valence-electron chi connectivity index (χ4n) is 0.690. The zero-order valence-corrected chi connectivity index (χ0v) is 9.09. The Balaban J connectivity index is 4.18. The van der Waals surface area contributed by atoms with E-state index >= 15 is 0 Å². The quantitative estimate of drug-likeness (QED) is 0.381. The van der Waals surface area contributed by atoms with Gasteiger partial charge in [0.2, 0.25) is 0 Å². The van der Waals surface area contributed by atoms with Gasteiger partial charge in [-0.3, -0.25) is 0 Å². The third-order valence-corrected chi connectivity index (χ3v) is 2.09. The number of esters is 1. The molecular formula is C8H16O3Si. The lowest BCUT2D eigenvalue weighted by molar-refractivity contribution is -0.146. The highest BCUT2D eigenvalue weighted by molar-refractivity contribution is 6.69. The molecule has 0 spiro atoms. The van der Waals surface area contributed by atoms with Crippen molar-refractivity contribution in [2.24, 2.45) is 0 Å². The first-order valence-electron chi connectivity index (χ1n) is 3.79. The van der Waals surface area contributed by atoms with E-state index in [2.05, 4.69) is 11.3 Å². The van der Waals surface area contributed by atoms with Crippen molar-refractivity contribution < 1.29 is 14.0 Å². The minimum Gasteiger partial charge on any atom is -0.467 e. The molecule has 0 aromatic heterocycles. The molecule has 0 rings (SSSR count). The SMILES string of the molecule is C=CC(O[Si](C)(C)C)C(=O)OC. The van der Waals surface area contributed by atoms with E-state index in [1.165, 1.54) is 13.2 Å². The van der Waals surface area contributed by atoms with Gasteiger partial charge in [-0.2, -0.15) is 0 Å². The summed E-state index contributed by atoms with van der Waals surface area (Å²) in [7, 11) is -0.353. The van der Waals surface area contributed by atoms with E-state index in [9.17, 15) is 4.79 Å². The van der Waals surface area contributed by atoms with Crippen molar-refractivity contribution in [2.45, 2.75) is 25.7 Å². The molecule has 0 saturated carbocycles. The molecule has 0 heterocycles. The molecule has 70 valence electrons. The average molecular weight is 188 g/mol. The number of carbonyl (C=O) groups is 1. The highest BCUT2D eigenvalue weighted by atomic mass is 28.4. The smallest absolute Gasteiger partial charge is 0.337 e. The molecule has 1 unspecified atom stereocenters. The summed E-state index contributed by atoms with van der Waals surface area (Å²) >= 11 is 0. The normalized spacial score (nSPS) is 13.7. The number of carbonyl (C=O) groups excluding carboxylic acids is 1. The molecule has 0 radical (unpaired) electrons. The van der Waals surface area contributed by atoms with Crippen LogP contribution in [0.1, 0.15) is 0 Å². The summed E-state index contributed by atoms with van der Waals surface area (Å²) < 4.78 is 10.0. The van der Waals surface area contributed by atoms with Crippen molar-refractivity contribution in [3.8, 4) is 0 Å². The Hall–Kier alpha value is -0.613. The van der Waals surface area contributed by atoms with Crippen molar-refractivity contribution in [3.05, 3.63) is 12.7 Å². The standard InChI is InChI=1S/C8H16O3Si/c1-6-7(8(9)10-2)11-12(3,4)5/h6-7H,1H2,2-5H3. The molecule has 4 heteroatoms. The topological polar surface area (TPSA) is 35.5 Å². The first-order chi connectivity index (χ1) is 5.40. The van der Waals surface area contributed by atoms with Gasteiger partial charge in [-0.05, 0) is 19.6 Å². The monoisotopic (exact) mass is 188 g/mol. The first-order valence-corrected chi connectivity index (χ1v) is 7.19. The lowest BCUT2D eigenvalue weighted by atomic mass is 10.4. The summed E-state index contributed by atoms with van der Waals surface area (Å²) in [6.07, 6.45) is 0.853. The van der Waals surface area contributed by atoms with E-state index in [4.69, 9.17) is 4.43 Å². The second-order valence-corrected chi connectivity index (χ2v) is 7.87. The molecular weight excluding hydrogens is 172 g/mol.